The molecule has 0 aliphatic carbocycles. The number of rotatable bonds is 4. The molecule has 7 heteroatoms. The molecule has 0 unspecified atom stereocenters. The van der Waals surface area contributed by atoms with E-state index in [4.69, 9.17) is 5.11 Å². The van der Waals surface area contributed by atoms with E-state index in [0.29, 0.717) is 5.69 Å². The number of nitrogens with zero attached hydrogens (tertiary/aromatic N) is 2. The Morgan fingerprint density at radius 1 is 1.25 bits per heavy atom. The largest absolute Gasteiger partial charge is 0.481 e. The molecule has 0 radical (unpaired) electrons. The minimum atomic E-state index is -1.05. The Labute approximate surface area is 114 Å². The zero-order chi connectivity index (χ0) is 14.5. The summed E-state index contributed by atoms with van der Waals surface area (Å²) < 4.78 is 0. The van der Waals surface area contributed by atoms with Gasteiger partial charge in [-0.2, -0.15) is 10.1 Å². The third-order valence-corrected chi connectivity index (χ3v) is 2.63. The van der Waals surface area contributed by atoms with Gasteiger partial charge in [0, 0.05) is 6.42 Å². The monoisotopic (exact) mass is 275 g/mol. The first kappa shape index (κ1) is 13.7. The summed E-state index contributed by atoms with van der Waals surface area (Å²) in [5, 5.41) is 16.2. The molecule has 0 spiro atoms. The normalized spacial score (nSPS) is 14.1. The molecular formula is C13H13N3O4. The van der Waals surface area contributed by atoms with Crippen LogP contribution in [0, 0.1) is 0 Å². The number of carboxylic acids is 1. The fraction of sp³-hybridized carbons (Fsp3) is 0.231. The lowest BCUT2D eigenvalue weighted by molar-refractivity contribution is -0.138. The molecule has 20 heavy (non-hydrogen) atoms. The van der Waals surface area contributed by atoms with Crippen molar-refractivity contribution in [1.29, 1.82) is 0 Å². The molecule has 1 heterocycles. The summed E-state index contributed by atoms with van der Waals surface area (Å²) in [6, 6.07) is 8.85. The van der Waals surface area contributed by atoms with Crippen molar-refractivity contribution in [3.63, 3.8) is 0 Å². The van der Waals surface area contributed by atoms with E-state index < -0.39 is 11.9 Å². The van der Waals surface area contributed by atoms with Crippen molar-refractivity contribution in [1.82, 2.24) is 5.32 Å². The Hall–Kier alpha value is -2.70. The molecule has 2 amide bonds. The first-order valence-electron chi connectivity index (χ1n) is 6.03. The van der Waals surface area contributed by atoms with Gasteiger partial charge in [-0.15, -0.1) is 0 Å². The molecule has 0 atom stereocenters. The van der Waals surface area contributed by atoms with E-state index in [-0.39, 0.29) is 31.0 Å². The standard InChI is InChI=1S/C13H13N3O4/c17-11(6-7-13(19)20)14-10-8-12(18)16(15-10)9-4-2-1-3-5-9/h1-5H,6-8H2,(H,19,20)(H,14,15,17). The van der Waals surface area contributed by atoms with Crippen molar-refractivity contribution < 1.29 is 19.5 Å². The van der Waals surface area contributed by atoms with Gasteiger partial charge in [-0.05, 0) is 12.1 Å². The Bertz CT molecular complexity index is 568. The highest BCUT2D eigenvalue weighted by Gasteiger charge is 2.26. The van der Waals surface area contributed by atoms with Crippen LogP contribution in [-0.2, 0) is 14.4 Å². The predicted octanol–water partition coefficient (Wildman–Crippen LogP) is 0.718. The summed E-state index contributed by atoms with van der Waals surface area (Å²) in [5.74, 6) is -1.52. The molecule has 7 nitrogen and oxygen atoms in total. The summed E-state index contributed by atoms with van der Waals surface area (Å²) in [4.78, 5) is 33.6. The van der Waals surface area contributed by atoms with Gasteiger partial charge in [0.05, 0.1) is 18.5 Å². The average Bonchev–Trinajstić information content (AvgIpc) is 2.78. The lowest BCUT2D eigenvalue weighted by atomic mass is 10.3. The Morgan fingerprint density at radius 3 is 2.60 bits per heavy atom. The van der Waals surface area contributed by atoms with Gasteiger partial charge >= 0.3 is 5.97 Å². The van der Waals surface area contributed by atoms with E-state index in [0.717, 1.165) is 0 Å². The fourth-order valence-electron chi connectivity index (χ4n) is 1.71. The summed E-state index contributed by atoms with van der Waals surface area (Å²) in [6.07, 6.45) is -0.406. The minimum absolute atomic E-state index is 0.00624. The number of hydrazone groups is 1. The number of nitrogens with one attached hydrogen (secondary N) is 1. The van der Waals surface area contributed by atoms with Crippen molar-refractivity contribution >= 4 is 29.3 Å². The van der Waals surface area contributed by atoms with Crippen LogP contribution < -0.4 is 10.3 Å². The number of benzene rings is 1. The number of hydrogen-bond donors (Lipinski definition) is 2. The van der Waals surface area contributed by atoms with Crippen LogP contribution in [0.4, 0.5) is 5.69 Å². The topological polar surface area (TPSA) is 99.1 Å². The van der Waals surface area contributed by atoms with Gasteiger partial charge in [0.2, 0.25) is 5.91 Å². The van der Waals surface area contributed by atoms with Crippen LogP contribution in [0.3, 0.4) is 0 Å². The summed E-state index contributed by atoms with van der Waals surface area (Å²) in [7, 11) is 0. The number of amidine groups is 1. The van der Waals surface area contributed by atoms with Crippen LogP contribution in [0.15, 0.2) is 35.4 Å². The summed E-state index contributed by atoms with van der Waals surface area (Å²) in [5.41, 5.74) is 0.618. The highest BCUT2D eigenvalue weighted by molar-refractivity contribution is 6.15. The van der Waals surface area contributed by atoms with Crippen LogP contribution in [0.1, 0.15) is 19.3 Å². The van der Waals surface area contributed by atoms with Gasteiger partial charge in [-0.1, -0.05) is 18.2 Å². The zero-order valence-corrected chi connectivity index (χ0v) is 10.6. The highest BCUT2D eigenvalue weighted by atomic mass is 16.4. The molecule has 0 saturated heterocycles. The van der Waals surface area contributed by atoms with E-state index in [9.17, 15) is 14.4 Å². The molecule has 2 N–H and O–H groups in total. The van der Waals surface area contributed by atoms with Crippen molar-refractivity contribution in [3.8, 4) is 0 Å². The molecule has 1 aliphatic heterocycles. The van der Waals surface area contributed by atoms with Crippen molar-refractivity contribution in [2.24, 2.45) is 5.10 Å². The number of amides is 2. The second kappa shape index (κ2) is 5.96. The molecule has 1 aliphatic rings. The van der Waals surface area contributed by atoms with Gasteiger partial charge < -0.3 is 10.4 Å². The van der Waals surface area contributed by atoms with Crippen LogP contribution in [0.25, 0.3) is 0 Å². The first-order chi connectivity index (χ1) is 9.56. The molecule has 0 bridgehead atoms. The molecule has 1 aromatic rings. The van der Waals surface area contributed by atoms with Crippen molar-refractivity contribution in [2.75, 3.05) is 5.01 Å². The van der Waals surface area contributed by atoms with E-state index >= 15 is 0 Å². The van der Waals surface area contributed by atoms with E-state index in [1.54, 1.807) is 24.3 Å². The van der Waals surface area contributed by atoms with Gasteiger partial charge in [-0.25, -0.2) is 0 Å². The second-order valence-corrected chi connectivity index (χ2v) is 4.21. The molecule has 1 aromatic carbocycles. The van der Waals surface area contributed by atoms with Crippen molar-refractivity contribution in [2.45, 2.75) is 19.3 Å². The summed E-state index contributed by atoms with van der Waals surface area (Å²) in [6.45, 7) is 0. The Balaban J connectivity index is 1.99. The van der Waals surface area contributed by atoms with Crippen molar-refractivity contribution in [3.05, 3.63) is 30.3 Å². The second-order valence-electron chi connectivity index (χ2n) is 4.21. The number of para-hydroxylation sites is 1. The third kappa shape index (κ3) is 3.41. The number of carboxylic acid groups (broad SMARTS) is 1. The number of hydrogen-bond acceptors (Lipinski definition) is 4. The zero-order valence-electron chi connectivity index (χ0n) is 10.6. The smallest absolute Gasteiger partial charge is 0.303 e. The van der Waals surface area contributed by atoms with E-state index in [2.05, 4.69) is 10.4 Å². The summed E-state index contributed by atoms with van der Waals surface area (Å²) >= 11 is 0. The molecule has 2 rings (SSSR count). The van der Waals surface area contributed by atoms with Gasteiger partial charge in [0.1, 0.15) is 5.84 Å². The highest BCUT2D eigenvalue weighted by Crippen LogP contribution is 2.19. The maximum atomic E-state index is 11.8. The fourth-order valence-corrected chi connectivity index (χ4v) is 1.71. The number of anilines is 1. The first-order valence-corrected chi connectivity index (χ1v) is 6.03. The Morgan fingerprint density at radius 2 is 1.95 bits per heavy atom. The van der Waals surface area contributed by atoms with Gasteiger partial charge in [-0.3, -0.25) is 14.4 Å². The Kier molecular flexibility index (Phi) is 4.09. The van der Waals surface area contributed by atoms with Gasteiger partial charge in [0.25, 0.3) is 5.91 Å². The average molecular weight is 275 g/mol. The quantitative estimate of drug-likeness (QED) is 0.845. The van der Waals surface area contributed by atoms with Crippen LogP contribution in [0.2, 0.25) is 0 Å². The molecule has 0 saturated carbocycles. The maximum absolute atomic E-state index is 11.8. The van der Waals surface area contributed by atoms with E-state index in [1.165, 1.54) is 5.01 Å². The molecular weight excluding hydrogens is 262 g/mol. The SMILES string of the molecule is O=C(O)CCC(=O)NC1=NN(c2ccccc2)C(=O)C1. The lowest BCUT2D eigenvalue weighted by Crippen LogP contribution is -2.29. The van der Waals surface area contributed by atoms with E-state index in [1.807, 2.05) is 6.07 Å². The number of carbonyl (C=O) groups excluding carboxylic acids is 2. The third-order valence-electron chi connectivity index (χ3n) is 2.63. The number of aliphatic carboxylic acids is 1. The lowest BCUT2D eigenvalue weighted by Gasteiger charge is -2.10. The van der Waals surface area contributed by atoms with Crippen LogP contribution in [-0.4, -0.2) is 28.7 Å². The van der Waals surface area contributed by atoms with Crippen LogP contribution in [0.5, 0.6) is 0 Å². The van der Waals surface area contributed by atoms with Gasteiger partial charge in [0.15, 0.2) is 0 Å². The predicted molar refractivity (Wildman–Crippen MR) is 71.0 cm³/mol. The maximum Gasteiger partial charge on any atom is 0.303 e. The minimum Gasteiger partial charge on any atom is -0.481 e. The number of carbonyl (C=O) groups is 3. The molecule has 0 aromatic heterocycles. The molecule has 104 valence electrons. The molecule has 0 fully saturated rings. The van der Waals surface area contributed by atoms with Crippen LogP contribution >= 0.6 is 0 Å².